The van der Waals surface area contributed by atoms with Crippen LogP contribution in [0.5, 0.6) is 0 Å². The number of halogens is 2. The largest absolute Gasteiger partial charge is 0.444 e. The molecule has 6 aliphatic rings. The van der Waals surface area contributed by atoms with Gasteiger partial charge in [-0.15, -0.1) is 0 Å². The Bertz CT molecular complexity index is 2180. The number of piperidine rings is 4. The van der Waals surface area contributed by atoms with Crippen LogP contribution < -0.4 is 10.6 Å². The van der Waals surface area contributed by atoms with Gasteiger partial charge in [0, 0.05) is 89.6 Å². The molecule has 4 saturated heterocycles. The summed E-state index contributed by atoms with van der Waals surface area (Å²) in [5.41, 5.74) is 3.34. The van der Waals surface area contributed by atoms with Crippen LogP contribution in [0.4, 0.5) is 9.59 Å². The van der Waals surface area contributed by atoms with Gasteiger partial charge in [0.15, 0.2) is 0 Å². The third-order valence-corrected chi connectivity index (χ3v) is 13.1. The number of rotatable bonds is 3. The van der Waals surface area contributed by atoms with Gasteiger partial charge in [0.1, 0.15) is 23.3 Å². The van der Waals surface area contributed by atoms with E-state index in [1.807, 2.05) is 79.7 Å². The van der Waals surface area contributed by atoms with Crippen molar-refractivity contribution in [1.29, 1.82) is 0 Å². The first-order valence-electron chi connectivity index (χ1n) is 22.9. The molecule has 0 aromatic heterocycles. The Balaban J connectivity index is 0.000000233. The van der Waals surface area contributed by atoms with Gasteiger partial charge in [0.25, 0.3) is 11.8 Å². The predicted molar refractivity (Wildman–Crippen MR) is 254 cm³/mol. The molecule has 8 rings (SSSR count). The molecule has 6 heterocycles. The molecule has 0 saturated carbocycles. The number of hydrogen-bond acceptors (Lipinski definition) is 10. The van der Waals surface area contributed by atoms with Crippen molar-refractivity contribution in [3.05, 3.63) is 68.7 Å². The van der Waals surface area contributed by atoms with Gasteiger partial charge in [-0.1, -0.05) is 57.8 Å². The molecular formula is C48H64Br2MnN6O10. The molecule has 2 atom stereocenters. The normalized spacial score (nSPS) is 20.9. The first-order valence-corrected chi connectivity index (χ1v) is 24.6. The number of hydrogen-bond donors (Lipinski definition) is 2. The van der Waals surface area contributed by atoms with Crippen molar-refractivity contribution in [3.63, 3.8) is 0 Å². The first-order chi connectivity index (χ1) is 31.1. The van der Waals surface area contributed by atoms with Gasteiger partial charge in [-0.2, -0.15) is 0 Å². The molecule has 67 heavy (non-hydrogen) atoms. The Morgan fingerprint density at radius 2 is 1.01 bits per heavy atom. The SMILES string of the molecule is CC.CC(C)(C)OC(=O)N1CCC(Br)CC1.CC(C)(C)OC(=O)N1CCC(c2ccc3c(c2)CN(C2CCC(=O)NC2=O)C3=O)CC1.O=C1CCC(N2Cc3cc(Br)ccc3C2=O)C(=O)N1.[Mn]. The monoisotopic (exact) mass is 1100 g/mol. The molecule has 19 heteroatoms. The zero-order chi connectivity index (χ0) is 48.7. The molecule has 16 nitrogen and oxygen atoms in total. The summed E-state index contributed by atoms with van der Waals surface area (Å²) in [6.45, 7) is 18.9. The van der Waals surface area contributed by atoms with E-state index < -0.39 is 23.6 Å². The van der Waals surface area contributed by atoms with Crippen LogP contribution in [0.1, 0.15) is 150 Å². The Labute approximate surface area is 421 Å². The second-order valence-corrected chi connectivity index (χ2v) is 21.1. The Morgan fingerprint density at radius 1 is 0.612 bits per heavy atom. The summed E-state index contributed by atoms with van der Waals surface area (Å²) >= 11 is 6.91. The minimum atomic E-state index is -0.599. The fourth-order valence-corrected chi connectivity index (χ4v) is 9.29. The Kier molecular flexibility index (Phi) is 19.6. The zero-order valence-electron chi connectivity index (χ0n) is 39.7. The van der Waals surface area contributed by atoms with Crippen molar-refractivity contribution in [2.75, 3.05) is 26.2 Å². The quantitative estimate of drug-likeness (QED) is 0.176. The van der Waals surface area contributed by atoms with E-state index in [0.29, 0.717) is 60.9 Å². The van der Waals surface area contributed by atoms with Gasteiger partial charge < -0.3 is 29.1 Å². The number of carbonyl (C=O) groups is 8. The number of carbonyl (C=O) groups excluding carboxylic acids is 8. The molecule has 1 radical (unpaired) electrons. The van der Waals surface area contributed by atoms with E-state index in [1.54, 1.807) is 25.7 Å². The minimum Gasteiger partial charge on any atom is -0.444 e. The van der Waals surface area contributed by atoms with Gasteiger partial charge in [0.2, 0.25) is 23.6 Å². The van der Waals surface area contributed by atoms with E-state index in [1.165, 1.54) is 0 Å². The fourth-order valence-electron chi connectivity index (χ4n) is 8.47. The number of amides is 8. The number of ether oxygens (including phenoxy) is 2. The molecule has 6 aliphatic heterocycles. The Morgan fingerprint density at radius 3 is 1.43 bits per heavy atom. The van der Waals surface area contributed by atoms with Gasteiger partial charge in [-0.3, -0.25) is 39.4 Å². The molecule has 0 spiro atoms. The molecule has 8 amide bonds. The summed E-state index contributed by atoms with van der Waals surface area (Å²) in [6.07, 6.45) is 4.52. The third kappa shape index (κ3) is 14.8. The zero-order valence-corrected chi connectivity index (χ0v) is 44.0. The van der Waals surface area contributed by atoms with Crippen molar-refractivity contribution in [1.82, 2.24) is 30.2 Å². The molecule has 0 aliphatic carbocycles. The number of likely N-dealkylation sites (tertiary alicyclic amines) is 2. The van der Waals surface area contributed by atoms with Crippen molar-refractivity contribution >= 4 is 79.5 Å². The molecule has 2 aromatic carbocycles. The molecule has 2 N–H and O–H groups in total. The van der Waals surface area contributed by atoms with E-state index in [9.17, 15) is 38.4 Å². The van der Waals surface area contributed by atoms with E-state index in [-0.39, 0.29) is 77.2 Å². The van der Waals surface area contributed by atoms with Crippen molar-refractivity contribution in [2.45, 2.75) is 154 Å². The summed E-state index contributed by atoms with van der Waals surface area (Å²) < 4.78 is 11.7. The minimum absolute atomic E-state index is 0. The van der Waals surface area contributed by atoms with E-state index in [2.05, 4.69) is 48.6 Å². The second kappa shape index (κ2) is 23.8. The number of fused-ring (bicyclic) bond motifs is 2. The Hall–Kier alpha value is -4.32. The van der Waals surface area contributed by atoms with Crippen LogP contribution in [0.2, 0.25) is 0 Å². The topological polar surface area (TPSA) is 192 Å². The maximum absolute atomic E-state index is 12.8. The van der Waals surface area contributed by atoms with E-state index in [4.69, 9.17) is 9.47 Å². The van der Waals surface area contributed by atoms with Gasteiger partial charge in [-0.25, -0.2) is 9.59 Å². The van der Waals surface area contributed by atoms with Gasteiger partial charge >= 0.3 is 12.2 Å². The standard InChI is InChI=1S/C23H29N3O5.C13H11BrN2O3.C10H18BrNO2.C2H6.Mn/c1-23(2,3)31-22(30)25-10-8-14(9-11-25)15-4-5-17-16(12-15)13-26(21(17)29)18-6-7-19(27)24-20(18)28;14-8-1-2-9-7(5-8)6-16(13(9)19)10-3-4-11(17)15-12(10)18;1-10(2,3)14-9(13)12-6-4-8(11)5-7-12;1-2;/h4-5,12,14,18H,6-11,13H2,1-3H3,(H,24,27,28);1-2,5,10H,3-4,6H2,(H,15,17,18);8H,4-7H2,1-3H3;1-2H3;. The summed E-state index contributed by atoms with van der Waals surface area (Å²) in [7, 11) is 0. The molecule has 2 aromatic rings. The van der Waals surface area contributed by atoms with Crippen LogP contribution in [0.3, 0.4) is 0 Å². The second-order valence-electron chi connectivity index (χ2n) is 18.9. The number of benzene rings is 2. The number of nitrogens with one attached hydrogen (secondary N) is 2. The van der Waals surface area contributed by atoms with E-state index in [0.717, 1.165) is 59.9 Å². The van der Waals surface area contributed by atoms with Crippen LogP contribution in [0.15, 0.2) is 40.9 Å². The van der Waals surface area contributed by atoms with Crippen LogP contribution in [0, 0.1) is 0 Å². The number of imide groups is 2. The number of nitrogens with zero attached hydrogens (tertiary/aromatic N) is 4. The predicted octanol–water partition coefficient (Wildman–Crippen LogP) is 7.58. The van der Waals surface area contributed by atoms with Gasteiger partial charge in [-0.05, 0) is 127 Å². The number of alkyl halides is 1. The molecule has 4 fully saturated rings. The molecule has 367 valence electrons. The summed E-state index contributed by atoms with van der Waals surface area (Å²) in [5, 5.41) is 4.61. The van der Waals surface area contributed by atoms with Crippen LogP contribution >= 0.6 is 31.9 Å². The van der Waals surface area contributed by atoms with E-state index >= 15 is 0 Å². The fraction of sp³-hybridized carbons (Fsp3) is 0.583. The maximum Gasteiger partial charge on any atom is 0.410 e. The maximum atomic E-state index is 12.8. The summed E-state index contributed by atoms with van der Waals surface area (Å²) in [5.74, 6) is -1.32. The average molecular weight is 1100 g/mol. The summed E-state index contributed by atoms with van der Waals surface area (Å²) in [4.78, 5) is 103. The van der Waals surface area contributed by atoms with Crippen LogP contribution in [-0.4, -0.2) is 122 Å². The van der Waals surface area contributed by atoms with Gasteiger partial charge in [0.05, 0.1) is 0 Å². The molecule has 2 unspecified atom stereocenters. The van der Waals surface area contributed by atoms with Crippen molar-refractivity contribution in [3.8, 4) is 0 Å². The summed E-state index contributed by atoms with van der Waals surface area (Å²) in [6, 6.07) is 10.2. The average Bonchev–Trinajstić information content (AvgIpc) is 3.75. The first kappa shape index (κ1) is 55.3. The van der Waals surface area contributed by atoms with Crippen LogP contribution in [0.25, 0.3) is 0 Å². The molecular weight excluding hydrogens is 1040 g/mol. The van der Waals surface area contributed by atoms with Crippen molar-refractivity contribution < 1.29 is 64.9 Å². The third-order valence-electron chi connectivity index (χ3n) is 11.7. The smallest absolute Gasteiger partial charge is 0.410 e. The van der Waals surface area contributed by atoms with Crippen molar-refractivity contribution in [2.24, 2.45) is 0 Å². The van der Waals surface area contributed by atoms with Crippen LogP contribution in [-0.2, 0) is 58.8 Å². The molecule has 0 bridgehead atoms.